The van der Waals surface area contributed by atoms with E-state index in [1.54, 1.807) is 13.8 Å². The van der Waals surface area contributed by atoms with Gasteiger partial charge in [0.1, 0.15) is 11.6 Å². The number of phenols is 1. The van der Waals surface area contributed by atoms with E-state index in [0.29, 0.717) is 0 Å². The van der Waals surface area contributed by atoms with Gasteiger partial charge in [-0.3, -0.25) is 9.69 Å². The first-order valence-corrected chi connectivity index (χ1v) is 6.34. The number of halogens is 4. The van der Waals surface area contributed by atoms with E-state index < -0.39 is 36.1 Å². The first-order chi connectivity index (χ1) is 9.51. The zero-order chi connectivity index (χ0) is 16.4. The highest BCUT2D eigenvalue weighted by Crippen LogP contribution is 2.28. The van der Waals surface area contributed by atoms with Gasteiger partial charge in [0.15, 0.2) is 5.78 Å². The molecule has 0 atom stereocenters. The molecule has 7 heteroatoms. The molecule has 0 spiro atoms. The molecule has 0 bridgehead atoms. The highest BCUT2D eigenvalue weighted by Gasteiger charge is 2.32. The van der Waals surface area contributed by atoms with Gasteiger partial charge >= 0.3 is 6.18 Å². The topological polar surface area (TPSA) is 40.5 Å². The van der Waals surface area contributed by atoms with Gasteiger partial charge < -0.3 is 5.11 Å². The maximum atomic E-state index is 13.5. The average Bonchev–Trinajstić information content (AvgIpc) is 2.30. The number of Topliss-reactive ketones (excluding diaryl/α,β-unsaturated/α-hetero) is 1. The average molecular weight is 307 g/mol. The summed E-state index contributed by atoms with van der Waals surface area (Å²) in [6.07, 6.45) is -4.41. The summed E-state index contributed by atoms with van der Waals surface area (Å²) < 4.78 is 51.0. The Labute approximate surface area is 120 Å². The van der Waals surface area contributed by atoms with Crippen LogP contribution in [0, 0.1) is 5.82 Å². The summed E-state index contributed by atoms with van der Waals surface area (Å²) >= 11 is 0. The molecule has 0 saturated carbocycles. The number of phenolic OH excluding ortho intramolecular Hbond substituents is 1. The molecular formula is C14H17F4NO2. The van der Waals surface area contributed by atoms with Crippen molar-refractivity contribution in [3.63, 3.8) is 0 Å². The Morgan fingerprint density at radius 2 is 1.90 bits per heavy atom. The Morgan fingerprint density at radius 1 is 1.33 bits per heavy atom. The molecule has 0 heterocycles. The van der Waals surface area contributed by atoms with Crippen LogP contribution in [0.3, 0.4) is 0 Å². The number of alkyl halides is 3. The lowest BCUT2D eigenvalue weighted by molar-refractivity contribution is -0.150. The Kier molecular flexibility index (Phi) is 5.33. The molecule has 0 aliphatic rings. The molecule has 0 unspecified atom stereocenters. The van der Waals surface area contributed by atoms with Crippen molar-refractivity contribution in [1.82, 2.24) is 4.90 Å². The Hall–Kier alpha value is -1.63. The summed E-state index contributed by atoms with van der Waals surface area (Å²) in [5.74, 6) is -1.80. The summed E-state index contributed by atoms with van der Waals surface area (Å²) in [4.78, 5) is 12.3. The normalized spacial score (nSPS) is 12.2. The van der Waals surface area contributed by atoms with E-state index in [1.165, 1.54) is 0 Å². The third-order valence-electron chi connectivity index (χ3n) is 3.02. The quantitative estimate of drug-likeness (QED) is 0.668. The molecule has 1 rings (SSSR count). The molecule has 0 radical (unpaired) electrons. The second-order valence-corrected chi connectivity index (χ2v) is 5.13. The number of carbonyl (C=O) groups excluding carboxylic acids is 1. The molecule has 0 aromatic heterocycles. The summed E-state index contributed by atoms with van der Waals surface area (Å²) in [7, 11) is 0. The fourth-order valence-corrected chi connectivity index (χ4v) is 1.91. The lowest BCUT2D eigenvalue weighted by atomic mass is 10.0. The third kappa shape index (κ3) is 5.00. The van der Waals surface area contributed by atoms with Crippen LogP contribution in [0.1, 0.15) is 36.7 Å². The molecule has 0 aliphatic heterocycles. The fourth-order valence-electron chi connectivity index (χ4n) is 1.91. The van der Waals surface area contributed by atoms with Crippen LogP contribution in [0.4, 0.5) is 17.6 Å². The van der Waals surface area contributed by atoms with E-state index in [9.17, 15) is 27.5 Å². The van der Waals surface area contributed by atoms with Gasteiger partial charge in [-0.15, -0.1) is 0 Å². The van der Waals surface area contributed by atoms with Crippen molar-refractivity contribution in [3.05, 3.63) is 29.1 Å². The fraction of sp³-hybridized carbons (Fsp3) is 0.500. The SMILES string of the molecule is CC(=O)c1cc(F)cc(CN(CC(F)(F)F)C(C)C)c1O. The molecule has 118 valence electrons. The number of hydrogen-bond acceptors (Lipinski definition) is 3. The van der Waals surface area contributed by atoms with Crippen LogP contribution in [-0.2, 0) is 6.54 Å². The molecule has 0 fully saturated rings. The van der Waals surface area contributed by atoms with Crippen LogP contribution in [0.25, 0.3) is 0 Å². The minimum atomic E-state index is -4.41. The molecule has 0 saturated heterocycles. The molecule has 1 aromatic rings. The number of benzene rings is 1. The molecule has 1 N–H and O–H groups in total. The molecule has 1 aromatic carbocycles. The minimum absolute atomic E-state index is 0.0434. The first-order valence-electron chi connectivity index (χ1n) is 6.34. The highest BCUT2D eigenvalue weighted by atomic mass is 19.4. The van der Waals surface area contributed by atoms with Crippen molar-refractivity contribution in [3.8, 4) is 5.75 Å². The maximum absolute atomic E-state index is 13.5. The summed E-state index contributed by atoms with van der Waals surface area (Å²) in [6, 6.07) is 1.34. The molecule has 21 heavy (non-hydrogen) atoms. The van der Waals surface area contributed by atoms with Crippen molar-refractivity contribution >= 4 is 5.78 Å². The monoisotopic (exact) mass is 307 g/mol. The Bertz CT molecular complexity index is 526. The summed E-state index contributed by atoms with van der Waals surface area (Å²) in [6.45, 7) is 2.78. The van der Waals surface area contributed by atoms with E-state index in [1.807, 2.05) is 0 Å². The highest BCUT2D eigenvalue weighted by molar-refractivity contribution is 5.97. The maximum Gasteiger partial charge on any atom is 0.401 e. The standard InChI is InChI=1S/C14H17F4NO2/c1-8(2)19(7-14(16,17)18)6-10-4-11(15)5-12(9(3)20)13(10)21/h4-5,8,21H,6-7H2,1-3H3. The largest absolute Gasteiger partial charge is 0.507 e. The smallest absolute Gasteiger partial charge is 0.401 e. The van der Waals surface area contributed by atoms with E-state index in [4.69, 9.17) is 0 Å². The van der Waals surface area contributed by atoms with Gasteiger partial charge in [-0.25, -0.2) is 4.39 Å². The number of hydrogen-bond donors (Lipinski definition) is 1. The lowest BCUT2D eigenvalue weighted by Gasteiger charge is -2.28. The van der Waals surface area contributed by atoms with Crippen molar-refractivity contribution in [2.45, 2.75) is 39.5 Å². The van der Waals surface area contributed by atoms with Crippen molar-refractivity contribution in [1.29, 1.82) is 0 Å². The van der Waals surface area contributed by atoms with Crippen LogP contribution in [0.5, 0.6) is 5.75 Å². The van der Waals surface area contributed by atoms with E-state index in [2.05, 4.69) is 0 Å². The second-order valence-electron chi connectivity index (χ2n) is 5.13. The van der Waals surface area contributed by atoms with Crippen LogP contribution < -0.4 is 0 Å². The predicted molar refractivity (Wildman–Crippen MR) is 69.7 cm³/mol. The van der Waals surface area contributed by atoms with Crippen molar-refractivity contribution in [2.75, 3.05) is 6.54 Å². The second kappa shape index (κ2) is 6.43. The number of nitrogens with zero attached hydrogens (tertiary/aromatic N) is 1. The van der Waals surface area contributed by atoms with Gasteiger partial charge in [0, 0.05) is 18.2 Å². The van der Waals surface area contributed by atoms with Crippen LogP contribution in [0.15, 0.2) is 12.1 Å². The van der Waals surface area contributed by atoms with Crippen LogP contribution in [-0.4, -0.2) is 34.6 Å². The van der Waals surface area contributed by atoms with Gasteiger partial charge in [0.2, 0.25) is 0 Å². The van der Waals surface area contributed by atoms with Gasteiger partial charge in [-0.05, 0) is 32.9 Å². The van der Waals surface area contributed by atoms with Crippen molar-refractivity contribution in [2.24, 2.45) is 0 Å². The molecule has 3 nitrogen and oxygen atoms in total. The van der Waals surface area contributed by atoms with Crippen LogP contribution >= 0.6 is 0 Å². The van der Waals surface area contributed by atoms with E-state index in [0.717, 1.165) is 24.0 Å². The van der Waals surface area contributed by atoms with E-state index >= 15 is 0 Å². The third-order valence-corrected chi connectivity index (χ3v) is 3.02. The minimum Gasteiger partial charge on any atom is -0.507 e. The number of rotatable bonds is 5. The van der Waals surface area contributed by atoms with Gasteiger partial charge in [-0.1, -0.05) is 0 Å². The zero-order valence-corrected chi connectivity index (χ0v) is 12.0. The van der Waals surface area contributed by atoms with Crippen LogP contribution in [0.2, 0.25) is 0 Å². The number of carbonyl (C=O) groups is 1. The summed E-state index contributed by atoms with van der Waals surface area (Å²) in [5, 5.41) is 9.92. The lowest BCUT2D eigenvalue weighted by Crippen LogP contribution is -2.38. The first kappa shape index (κ1) is 17.4. The number of aromatic hydroxyl groups is 1. The van der Waals surface area contributed by atoms with Gasteiger partial charge in [0.25, 0.3) is 0 Å². The van der Waals surface area contributed by atoms with Gasteiger partial charge in [-0.2, -0.15) is 13.2 Å². The summed E-state index contributed by atoms with van der Waals surface area (Å²) in [5.41, 5.74) is -0.279. The molecule has 0 amide bonds. The molecular weight excluding hydrogens is 290 g/mol. The van der Waals surface area contributed by atoms with Gasteiger partial charge in [0.05, 0.1) is 12.1 Å². The van der Waals surface area contributed by atoms with E-state index in [-0.39, 0.29) is 17.7 Å². The number of ketones is 1. The Morgan fingerprint density at radius 3 is 2.33 bits per heavy atom. The van der Waals surface area contributed by atoms with Crippen molar-refractivity contribution < 1.29 is 27.5 Å². The zero-order valence-electron chi connectivity index (χ0n) is 12.0. The molecule has 0 aliphatic carbocycles. The predicted octanol–water partition coefficient (Wildman–Crippen LogP) is 3.51. The Balaban J connectivity index is 3.12.